The highest BCUT2D eigenvalue weighted by Gasteiger charge is 2.26. The number of halogens is 2. The average Bonchev–Trinajstić information content (AvgIpc) is 2.46. The Morgan fingerprint density at radius 1 is 1.20 bits per heavy atom. The van der Waals surface area contributed by atoms with Gasteiger partial charge in [0.1, 0.15) is 0 Å². The second-order valence-electron chi connectivity index (χ2n) is 5.27. The van der Waals surface area contributed by atoms with Gasteiger partial charge in [0.15, 0.2) is 11.6 Å². The Bertz CT molecular complexity index is 431. The van der Waals surface area contributed by atoms with Gasteiger partial charge in [-0.2, -0.15) is 0 Å². The fraction of sp³-hybridized carbons (Fsp3) is 0.600. The van der Waals surface area contributed by atoms with Gasteiger partial charge in [-0.1, -0.05) is 19.1 Å². The molecule has 0 aliphatic carbocycles. The molecule has 0 aromatic heterocycles. The maximum atomic E-state index is 13.9. The first kappa shape index (κ1) is 15.4. The zero-order valence-corrected chi connectivity index (χ0v) is 12.0. The normalized spacial score (nSPS) is 19.2. The highest BCUT2D eigenvalue weighted by Crippen LogP contribution is 2.25. The molecule has 1 atom stereocenters. The van der Waals surface area contributed by atoms with Gasteiger partial charge in [0.2, 0.25) is 0 Å². The van der Waals surface area contributed by atoms with Crippen LogP contribution in [-0.2, 0) is 0 Å². The van der Waals surface area contributed by atoms with Crippen LogP contribution >= 0.6 is 0 Å². The highest BCUT2D eigenvalue weighted by molar-refractivity contribution is 5.23. The second kappa shape index (κ2) is 7.11. The summed E-state index contributed by atoms with van der Waals surface area (Å²) in [7, 11) is 0. The Morgan fingerprint density at radius 2 is 1.90 bits per heavy atom. The van der Waals surface area contributed by atoms with Crippen molar-refractivity contribution in [2.75, 3.05) is 39.3 Å². The standard InChI is InChI=1S/C15H23F2N3/c1-2-6-19-7-9-20(10-8-19)14(11-18)12-4-3-5-13(16)15(12)17/h3-5,14H,2,6-11,18H2,1H3. The highest BCUT2D eigenvalue weighted by atomic mass is 19.2. The Hall–Kier alpha value is -1.04. The van der Waals surface area contributed by atoms with Crippen LogP contribution in [0.4, 0.5) is 8.78 Å². The summed E-state index contributed by atoms with van der Waals surface area (Å²) in [4.78, 5) is 4.55. The number of benzene rings is 1. The minimum Gasteiger partial charge on any atom is -0.329 e. The van der Waals surface area contributed by atoms with Crippen LogP contribution in [0.3, 0.4) is 0 Å². The lowest BCUT2D eigenvalue weighted by Gasteiger charge is -2.39. The van der Waals surface area contributed by atoms with Crippen molar-refractivity contribution in [2.45, 2.75) is 19.4 Å². The summed E-state index contributed by atoms with van der Waals surface area (Å²) < 4.78 is 27.3. The molecule has 1 aromatic carbocycles. The molecule has 1 aliphatic rings. The molecule has 1 aliphatic heterocycles. The maximum absolute atomic E-state index is 13.9. The van der Waals surface area contributed by atoms with Gasteiger partial charge in [0, 0.05) is 38.3 Å². The molecule has 0 saturated carbocycles. The van der Waals surface area contributed by atoms with E-state index in [1.54, 1.807) is 12.1 Å². The van der Waals surface area contributed by atoms with E-state index in [9.17, 15) is 8.78 Å². The Labute approximate surface area is 119 Å². The van der Waals surface area contributed by atoms with Crippen LogP contribution in [0.5, 0.6) is 0 Å². The van der Waals surface area contributed by atoms with Gasteiger partial charge in [-0.05, 0) is 19.0 Å². The third-order valence-corrected chi connectivity index (χ3v) is 3.95. The number of rotatable bonds is 5. The molecular weight excluding hydrogens is 260 g/mol. The lowest BCUT2D eigenvalue weighted by Crippen LogP contribution is -2.49. The van der Waals surface area contributed by atoms with Crippen molar-refractivity contribution in [3.63, 3.8) is 0 Å². The van der Waals surface area contributed by atoms with Gasteiger partial charge in [0.25, 0.3) is 0 Å². The van der Waals surface area contributed by atoms with Crippen LogP contribution in [-0.4, -0.2) is 49.1 Å². The molecule has 1 unspecified atom stereocenters. The smallest absolute Gasteiger partial charge is 0.163 e. The molecule has 112 valence electrons. The van der Waals surface area contributed by atoms with Gasteiger partial charge in [-0.3, -0.25) is 4.90 Å². The van der Waals surface area contributed by atoms with Crippen molar-refractivity contribution in [1.82, 2.24) is 9.80 Å². The van der Waals surface area contributed by atoms with Crippen LogP contribution in [0.2, 0.25) is 0 Å². The quantitative estimate of drug-likeness (QED) is 0.897. The fourth-order valence-corrected chi connectivity index (χ4v) is 2.87. The molecule has 1 fully saturated rings. The molecule has 0 amide bonds. The minimum absolute atomic E-state index is 0.241. The van der Waals surface area contributed by atoms with E-state index in [1.165, 1.54) is 0 Å². The third kappa shape index (κ3) is 3.34. The third-order valence-electron chi connectivity index (χ3n) is 3.95. The predicted molar refractivity (Wildman–Crippen MR) is 76.5 cm³/mol. The molecular formula is C15H23F2N3. The SMILES string of the molecule is CCCN1CCN(C(CN)c2cccc(F)c2F)CC1. The molecule has 20 heavy (non-hydrogen) atoms. The number of hydrogen-bond donors (Lipinski definition) is 1. The predicted octanol–water partition coefficient (Wildman–Crippen LogP) is 1.99. The van der Waals surface area contributed by atoms with Crippen molar-refractivity contribution < 1.29 is 8.78 Å². The number of nitrogens with two attached hydrogens (primary N) is 1. The van der Waals surface area contributed by atoms with E-state index in [4.69, 9.17) is 5.73 Å². The summed E-state index contributed by atoms with van der Waals surface area (Å²) in [6, 6.07) is 4.08. The van der Waals surface area contributed by atoms with Crippen molar-refractivity contribution in [3.8, 4) is 0 Å². The Morgan fingerprint density at radius 3 is 2.50 bits per heavy atom. The molecule has 1 heterocycles. The summed E-state index contributed by atoms with van der Waals surface area (Å²) in [6.07, 6.45) is 1.14. The van der Waals surface area contributed by atoms with E-state index >= 15 is 0 Å². The summed E-state index contributed by atoms with van der Waals surface area (Å²) in [5, 5.41) is 0. The minimum atomic E-state index is -0.800. The molecule has 1 saturated heterocycles. The molecule has 3 nitrogen and oxygen atoms in total. The Kier molecular flexibility index (Phi) is 5.46. The van der Waals surface area contributed by atoms with E-state index in [0.717, 1.165) is 45.2 Å². The first-order chi connectivity index (χ1) is 9.67. The van der Waals surface area contributed by atoms with E-state index in [2.05, 4.69) is 16.7 Å². The zero-order valence-electron chi connectivity index (χ0n) is 12.0. The van der Waals surface area contributed by atoms with Crippen LogP contribution in [0.15, 0.2) is 18.2 Å². The first-order valence-electron chi connectivity index (χ1n) is 7.27. The fourth-order valence-electron chi connectivity index (χ4n) is 2.87. The van der Waals surface area contributed by atoms with Crippen molar-refractivity contribution in [2.24, 2.45) is 5.73 Å². The topological polar surface area (TPSA) is 32.5 Å². The molecule has 2 rings (SSSR count). The summed E-state index contributed by atoms with van der Waals surface area (Å²) >= 11 is 0. The molecule has 5 heteroatoms. The van der Waals surface area contributed by atoms with Gasteiger partial charge in [-0.25, -0.2) is 8.78 Å². The average molecular weight is 283 g/mol. The Balaban J connectivity index is 2.08. The second-order valence-corrected chi connectivity index (χ2v) is 5.27. The van der Waals surface area contributed by atoms with E-state index < -0.39 is 11.6 Å². The van der Waals surface area contributed by atoms with E-state index in [1.807, 2.05) is 0 Å². The molecule has 0 bridgehead atoms. The van der Waals surface area contributed by atoms with Crippen LogP contribution in [0.1, 0.15) is 24.9 Å². The van der Waals surface area contributed by atoms with Crippen molar-refractivity contribution in [3.05, 3.63) is 35.4 Å². The largest absolute Gasteiger partial charge is 0.329 e. The molecule has 0 spiro atoms. The lowest BCUT2D eigenvalue weighted by molar-refractivity contribution is 0.0968. The van der Waals surface area contributed by atoms with Gasteiger partial charge in [0.05, 0.1) is 6.04 Å². The summed E-state index contributed by atoms with van der Waals surface area (Å²) in [6.45, 7) is 7.17. The van der Waals surface area contributed by atoms with Gasteiger partial charge >= 0.3 is 0 Å². The first-order valence-corrected chi connectivity index (χ1v) is 7.27. The van der Waals surface area contributed by atoms with Crippen LogP contribution in [0.25, 0.3) is 0 Å². The monoisotopic (exact) mass is 283 g/mol. The van der Waals surface area contributed by atoms with Crippen molar-refractivity contribution >= 4 is 0 Å². The number of hydrogen-bond acceptors (Lipinski definition) is 3. The molecule has 1 aromatic rings. The molecule has 0 radical (unpaired) electrons. The number of nitrogens with zero attached hydrogens (tertiary/aromatic N) is 2. The number of piperazine rings is 1. The van der Waals surface area contributed by atoms with Gasteiger partial charge in [-0.15, -0.1) is 0 Å². The summed E-state index contributed by atoms with van der Waals surface area (Å²) in [5.41, 5.74) is 6.18. The zero-order chi connectivity index (χ0) is 14.5. The van der Waals surface area contributed by atoms with Crippen LogP contribution in [0, 0.1) is 11.6 Å². The maximum Gasteiger partial charge on any atom is 0.163 e. The van der Waals surface area contributed by atoms with Crippen molar-refractivity contribution in [1.29, 1.82) is 0 Å². The van der Waals surface area contributed by atoms with Crippen LogP contribution < -0.4 is 5.73 Å². The lowest BCUT2D eigenvalue weighted by atomic mass is 10.0. The van der Waals surface area contributed by atoms with E-state index in [-0.39, 0.29) is 6.04 Å². The molecule has 2 N–H and O–H groups in total. The van der Waals surface area contributed by atoms with E-state index in [0.29, 0.717) is 12.1 Å². The van der Waals surface area contributed by atoms with Gasteiger partial charge < -0.3 is 10.6 Å². The summed E-state index contributed by atoms with van der Waals surface area (Å²) in [5.74, 6) is -1.57.